The fourth-order valence-electron chi connectivity index (χ4n) is 3.71. The summed E-state index contributed by atoms with van der Waals surface area (Å²) in [4.78, 5) is 4.82. The molecule has 2 aliphatic rings. The Bertz CT molecular complexity index is 631. The Morgan fingerprint density at radius 1 is 1.26 bits per heavy atom. The van der Waals surface area contributed by atoms with Gasteiger partial charge in [-0.05, 0) is 44.2 Å². The Morgan fingerprint density at radius 3 is 2.63 bits per heavy atom. The molecule has 0 radical (unpaired) electrons. The molecule has 3 N–H and O–H groups in total. The van der Waals surface area contributed by atoms with Gasteiger partial charge in [-0.3, -0.25) is 4.99 Å². The van der Waals surface area contributed by atoms with Gasteiger partial charge >= 0.3 is 0 Å². The minimum Gasteiger partial charge on any atom is -0.396 e. The summed E-state index contributed by atoms with van der Waals surface area (Å²) in [7, 11) is 0. The molecule has 1 aromatic carbocycles. The van der Waals surface area contributed by atoms with E-state index < -0.39 is 0 Å². The average Bonchev–Trinajstić information content (AvgIpc) is 3.29. The van der Waals surface area contributed by atoms with E-state index in [2.05, 4.69) is 57.8 Å². The summed E-state index contributed by atoms with van der Waals surface area (Å²) in [6.07, 6.45) is 4.11. The lowest BCUT2D eigenvalue weighted by atomic mass is 9.84. The molecule has 0 aromatic heterocycles. The van der Waals surface area contributed by atoms with E-state index >= 15 is 0 Å². The minimum absolute atomic E-state index is 0. The van der Waals surface area contributed by atoms with Crippen LogP contribution < -0.4 is 10.6 Å². The fraction of sp³-hybridized carbons (Fsp3) is 0.650. The van der Waals surface area contributed by atoms with Gasteiger partial charge in [-0.1, -0.05) is 34.1 Å². The average molecular weight is 552 g/mol. The van der Waals surface area contributed by atoms with Crippen molar-refractivity contribution in [3.63, 3.8) is 0 Å². The first-order valence-electron chi connectivity index (χ1n) is 9.59. The molecule has 1 saturated carbocycles. The number of benzene rings is 1. The molecule has 1 atom stereocenters. The number of nitrogens with zero attached hydrogens (tertiary/aromatic N) is 1. The second kappa shape index (κ2) is 10.4. The Labute approximate surface area is 187 Å². The van der Waals surface area contributed by atoms with Crippen LogP contribution in [0.2, 0.25) is 0 Å². The van der Waals surface area contributed by atoms with Crippen molar-refractivity contribution in [1.82, 2.24) is 10.6 Å². The summed E-state index contributed by atoms with van der Waals surface area (Å²) in [5, 5.41) is 16.3. The van der Waals surface area contributed by atoms with Crippen LogP contribution >= 0.6 is 39.9 Å². The largest absolute Gasteiger partial charge is 0.396 e. The van der Waals surface area contributed by atoms with Gasteiger partial charge in [-0.2, -0.15) is 0 Å². The van der Waals surface area contributed by atoms with Crippen LogP contribution in [0.3, 0.4) is 0 Å². The maximum Gasteiger partial charge on any atom is 0.191 e. The highest BCUT2D eigenvalue weighted by molar-refractivity contribution is 14.0. The fourth-order valence-corrected chi connectivity index (χ4v) is 4.42. The number of hydrogen-bond donors (Lipinski definition) is 3. The molecule has 152 valence electrons. The summed E-state index contributed by atoms with van der Waals surface area (Å²) in [5.41, 5.74) is 1.57. The lowest BCUT2D eigenvalue weighted by molar-refractivity contribution is 0.131. The van der Waals surface area contributed by atoms with E-state index in [0.29, 0.717) is 13.2 Å². The normalized spacial score (nSPS) is 23.6. The molecular formula is C20H31BrIN3O2. The van der Waals surface area contributed by atoms with E-state index in [1.807, 2.05) is 0 Å². The number of hydrogen-bond acceptors (Lipinski definition) is 3. The van der Waals surface area contributed by atoms with E-state index in [4.69, 9.17) is 9.73 Å². The SMILES string of the molecule is CCNC(=NCC1(CCO)CCOC1)NCC1(c2ccccc2Br)CC1.I. The molecule has 2 fully saturated rings. The van der Waals surface area contributed by atoms with Crippen LogP contribution in [0.5, 0.6) is 0 Å². The van der Waals surface area contributed by atoms with Crippen molar-refractivity contribution in [2.24, 2.45) is 10.4 Å². The van der Waals surface area contributed by atoms with Gasteiger partial charge in [0, 0.05) is 41.6 Å². The highest BCUT2D eigenvalue weighted by atomic mass is 127. The molecule has 1 aromatic rings. The predicted molar refractivity (Wildman–Crippen MR) is 124 cm³/mol. The van der Waals surface area contributed by atoms with Crippen LogP contribution in [0.4, 0.5) is 0 Å². The van der Waals surface area contributed by atoms with Gasteiger partial charge in [0.25, 0.3) is 0 Å². The first kappa shape index (κ1) is 22.9. The number of guanidine groups is 1. The zero-order valence-electron chi connectivity index (χ0n) is 16.0. The van der Waals surface area contributed by atoms with Crippen molar-refractivity contribution >= 4 is 45.9 Å². The second-order valence-corrected chi connectivity index (χ2v) is 8.44. The standard InChI is InChI=1S/C20H30BrN3O2.HI/c1-2-22-18(23-13-19(9-11-25)10-12-26-15-19)24-14-20(7-8-20)16-5-3-4-6-17(16)21;/h3-6,25H,2,7-15H2,1H3,(H2,22,23,24);1H. The van der Waals surface area contributed by atoms with Crippen LogP contribution in [0, 0.1) is 5.41 Å². The molecule has 5 nitrogen and oxygen atoms in total. The van der Waals surface area contributed by atoms with Gasteiger partial charge in [0.2, 0.25) is 0 Å². The van der Waals surface area contributed by atoms with Crippen molar-refractivity contribution in [2.75, 3.05) is 39.5 Å². The molecular weight excluding hydrogens is 521 g/mol. The number of aliphatic hydroxyl groups is 1. The molecule has 7 heteroatoms. The monoisotopic (exact) mass is 551 g/mol. The maximum absolute atomic E-state index is 9.39. The van der Waals surface area contributed by atoms with E-state index in [1.54, 1.807) is 0 Å². The molecule has 1 saturated heterocycles. The Hall–Kier alpha value is -0.380. The Balaban J connectivity index is 0.00000261. The number of halogens is 2. The Morgan fingerprint density at radius 2 is 2.04 bits per heavy atom. The second-order valence-electron chi connectivity index (χ2n) is 7.59. The topological polar surface area (TPSA) is 65.9 Å². The van der Waals surface area contributed by atoms with Crippen LogP contribution in [0.25, 0.3) is 0 Å². The summed E-state index contributed by atoms with van der Waals surface area (Å²) < 4.78 is 6.76. The number of rotatable bonds is 8. The molecule has 0 spiro atoms. The summed E-state index contributed by atoms with van der Waals surface area (Å²) in [5.74, 6) is 0.857. The zero-order chi connectivity index (χ0) is 18.5. The number of aliphatic imine (C=N–C) groups is 1. The van der Waals surface area contributed by atoms with Crippen molar-refractivity contribution in [2.45, 2.75) is 38.0 Å². The highest BCUT2D eigenvalue weighted by Gasteiger charge is 2.45. The summed E-state index contributed by atoms with van der Waals surface area (Å²) in [6, 6.07) is 8.51. The van der Waals surface area contributed by atoms with Gasteiger partial charge in [-0.25, -0.2) is 0 Å². The lowest BCUT2D eigenvalue weighted by Gasteiger charge is -2.25. The van der Waals surface area contributed by atoms with E-state index in [1.165, 1.54) is 22.9 Å². The lowest BCUT2D eigenvalue weighted by Crippen LogP contribution is -2.42. The van der Waals surface area contributed by atoms with Gasteiger partial charge < -0.3 is 20.5 Å². The Kier molecular flexibility index (Phi) is 8.83. The molecule has 3 rings (SSSR count). The van der Waals surface area contributed by atoms with Crippen molar-refractivity contribution in [1.29, 1.82) is 0 Å². The first-order valence-corrected chi connectivity index (χ1v) is 10.4. The summed E-state index contributed by atoms with van der Waals surface area (Å²) >= 11 is 3.70. The third kappa shape index (κ3) is 5.81. The maximum atomic E-state index is 9.39. The van der Waals surface area contributed by atoms with Gasteiger partial charge in [0.1, 0.15) is 0 Å². The number of aliphatic hydroxyl groups excluding tert-OH is 1. The molecule has 1 unspecified atom stereocenters. The van der Waals surface area contributed by atoms with Gasteiger partial charge in [0.15, 0.2) is 5.96 Å². The van der Waals surface area contributed by atoms with Crippen molar-refractivity contribution in [3.8, 4) is 0 Å². The van der Waals surface area contributed by atoms with Gasteiger partial charge in [0.05, 0.1) is 13.2 Å². The van der Waals surface area contributed by atoms with Gasteiger partial charge in [-0.15, -0.1) is 24.0 Å². The molecule has 27 heavy (non-hydrogen) atoms. The first-order chi connectivity index (χ1) is 12.6. The molecule has 0 amide bonds. The van der Waals surface area contributed by atoms with Crippen LogP contribution in [0.1, 0.15) is 38.2 Å². The van der Waals surface area contributed by atoms with Crippen molar-refractivity contribution in [3.05, 3.63) is 34.3 Å². The molecule has 1 aliphatic carbocycles. The quantitative estimate of drug-likeness (QED) is 0.263. The predicted octanol–water partition coefficient (Wildman–Crippen LogP) is 3.44. The smallest absolute Gasteiger partial charge is 0.191 e. The zero-order valence-corrected chi connectivity index (χ0v) is 19.9. The minimum atomic E-state index is -0.0170. The highest BCUT2D eigenvalue weighted by Crippen LogP contribution is 2.49. The van der Waals surface area contributed by atoms with E-state index in [0.717, 1.165) is 38.5 Å². The molecule has 1 aliphatic heterocycles. The van der Waals surface area contributed by atoms with Crippen LogP contribution in [0.15, 0.2) is 33.7 Å². The number of nitrogens with one attached hydrogen (secondary N) is 2. The van der Waals surface area contributed by atoms with E-state index in [-0.39, 0.29) is 41.4 Å². The molecule has 0 bridgehead atoms. The van der Waals surface area contributed by atoms with E-state index in [9.17, 15) is 5.11 Å². The summed E-state index contributed by atoms with van der Waals surface area (Å²) in [6.45, 7) is 6.13. The molecule has 1 heterocycles. The van der Waals surface area contributed by atoms with Crippen molar-refractivity contribution < 1.29 is 9.84 Å². The third-order valence-corrected chi connectivity index (χ3v) is 6.33. The third-order valence-electron chi connectivity index (χ3n) is 5.64. The van der Waals surface area contributed by atoms with Crippen LogP contribution in [-0.4, -0.2) is 50.5 Å². The van der Waals surface area contributed by atoms with Crippen LogP contribution in [-0.2, 0) is 10.2 Å². The number of ether oxygens (including phenoxy) is 1.